The predicted molar refractivity (Wildman–Crippen MR) is 121 cm³/mol. The second-order valence-electron chi connectivity index (χ2n) is 8.49. The summed E-state index contributed by atoms with van der Waals surface area (Å²) in [7, 11) is 0. The van der Waals surface area contributed by atoms with E-state index in [0.717, 1.165) is 38.0 Å². The molecule has 9 nitrogen and oxygen atoms in total. The molecule has 0 bridgehead atoms. The maximum Gasteiger partial charge on any atom is 0.420 e. The Kier molecular flexibility index (Phi) is 6.22. The number of aromatic nitrogens is 3. The zero-order valence-electron chi connectivity index (χ0n) is 18.4. The summed E-state index contributed by atoms with van der Waals surface area (Å²) in [4.78, 5) is 31.1. The second kappa shape index (κ2) is 9.60. The van der Waals surface area contributed by atoms with Crippen molar-refractivity contribution in [1.29, 1.82) is 0 Å². The van der Waals surface area contributed by atoms with Crippen molar-refractivity contribution in [3.05, 3.63) is 82.2 Å². The molecule has 34 heavy (non-hydrogen) atoms. The fraction of sp³-hybridized carbons (Fsp3) is 0.333. The highest BCUT2D eigenvalue weighted by Crippen LogP contribution is 2.19. The molecule has 5 rings (SSSR count). The molecule has 10 heteroatoms. The molecule has 2 aromatic carbocycles. The standard InChI is InChI=1S/C24H24FN5O4/c25-18-7-5-17(6-8-18)14-29-11-9-16(10-12-29)13-26-22(31)23-27-21(28-34-23)15-30-19-3-1-2-4-20(19)33-24(30)32/h1-8,16H,9-15H2,(H,26,31). The molecule has 1 saturated heterocycles. The Hall–Kier alpha value is -3.79. The van der Waals surface area contributed by atoms with E-state index in [2.05, 4.69) is 20.4 Å². The first-order chi connectivity index (χ1) is 16.5. The Bertz CT molecular complexity index is 1340. The fourth-order valence-electron chi connectivity index (χ4n) is 4.22. The van der Waals surface area contributed by atoms with Gasteiger partial charge < -0.3 is 14.3 Å². The van der Waals surface area contributed by atoms with Gasteiger partial charge in [0.1, 0.15) is 5.82 Å². The highest BCUT2D eigenvalue weighted by Gasteiger charge is 2.22. The SMILES string of the molecule is O=C(NCC1CCN(Cc2ccc(F)cc2)CC1)c1nc(Cn2c(=O)oc3ccccc32)no1. The van der Waals surface area contributed by atoms with Gasteiger partial charge in [-0.3, -0.25) is 14.3 Å². The van der Waals surface area contributed by atoms with Gasteiger partial charge in [-0.05, 0) is 61.7 Å². The number of carbonyl (C=O) groups is 1. The minimum Gasteiger partial charge on any atom is -0.408 e. The van der Waals surface area contributed by atoms with Crippen LogP contribution in [-0.2, 0) is 13.1 Å². The van der Waals surface area contributed by atoms with E-state index in [9.17, 15) is 14.0 Å². The summed E-state index contributed by atoms with van der Waals surface area (Å²) in [5, 5.41) is 6.70. The lowest BCUT2D eigenvalue weighted by molar-refractivity contribution is 0.0891. The van der Waals surface area contributed by atoms with Gasteiger partial charge in [-0.15, -0.1) is 0 Å². The topological polar surface area (TPSA) is 106 Å². The molecule has 2 aromatic heterocycles. The quantitative estimate of drug-likeness (QED) is 0.447. The van der Waals surface area contributed by atoms with Crippen LogP contribution in [0.4, 0.5) is 4.39 Å². The van der Waals surface area contributed by atoms with E-state index >= 15 is 0 Å². The molecule has 0 spiro atoms. The first-order valence-corrected chi connectivity index (χ1v) is 11.2. The molecule has 0 atom stereocenters. The number of rotatable bonds is 7. The van der Waals surface area contributed by atoms with Crippen LogP contribution in [0.15, 0.2) is 62.3 Å². The molecule has 1 N–H and O–H groups in total. The summed E-state index contributed by atoms with van der Waals surface area (Å²) in [5.74, 6) is -0.751. The zero-order valence-corrected chi connectivity index (χ0v) is 18.4. The Morgan fingerprint density at radius 2 is 1.85 bits per heavy atom. The summed E-state index contributed by atoms with van der Waals surface area (Å²) in [6.07, 6.45) is 1.90. The number of hydrogen-bond donors (Lipinski definition) is 1. The molecule has 4 aromatic rings. The number of halogens is 1. The van der Waals surface area contributed by atoms with E-state index in [0.29, 0.717) is 23.6 Å². The Labute approximate surface area is 194 Å². The van der Waals surface area contributed by atoms with Crippen LogP contribution in [0.2, 0.25) is 0 Å². The molecule has 1 aliphatic heterocycles. The van der Waals surface area contributed by atoms with Gasteiger partial charge in [0.2, 0.25) is 0 Å². The monoisotopic (exact) mass is 465 g/mol. The van der Waals surface area contributed by atoms with E-state index in [4.69, 9.17) is 8.94 Å². The maximum absolute atomic E-state index is 13.1. The largest absolute Gasteiger partial charge is 0.420 e. The Morgan fingerprint density at radius 3 is 2.65 bits per heavy atom. The second-order valence-corrected chi connectivity index (χ2v) is 8.49. The van der Waals surface area contributed by atoms with Crippen LogP contribution in [0.5, 0.6) is 0 Å². The lowest BCUT2D eigenvalue weighted by Crippen LogP contribution is -2.38. The van der Waals surface area contributed by atoms with Crippen LogP contribution in [0.3, 0.4) is 0 Å². The number of hydrogen-bond acceptors (Lipinski definition) is 7. The third-order valence-corrected chi connectivity index (χ3v) is 6.11. The number of para-hydroxylation sites is 2. The first kappa shape index (κ1) is 22.0. The number of piperidine rings is 1. The van der Waals surface area contributed by atoms with Gasteiger partial charge in [0.25, 0.3) is 0 Å². The number of amides is 1. The number of nitrogens with one attached hydrogen (secondary N) is 1. The van der Waals surface area contributed by atoms with Crippen LogP contribution >= 0.6 is 0 Å². The summed E-state index contributed by atoms with van der Waals surface area (Å²) < 4.78 is 24.8. The highest BCUT2D eigenvalue weighted by atomic mass is 19.1. The van der Waals surface area contributed by atoms with Gasteiger partial charge in [0.05, 0.1) is 12.1 Å². The van der Waals surface area contributed by atoms with Gasteiger partial charge in [0.15, 0.2) is 11.4 Å². The predicted octanol–water partition coefficient (Wildman–Crippen LogP) is 2.81. The average molecular weight is 465 g/mol. The molecule has 1 amide bonds. The number of likely N-dealkylation sites (tertiary alicyclic amines) is 1. The minimum absolute atomic E-state index is 0.0408. The minimum atomic E-state index is -0.525. The van der Waals surface area contributed by atoms with Crippen molar-refractivity contribution < 1.29 is 18.1 Å². The van der Waals surface area contributed by atoms with Gasteiger partial charge in [0, 0.05) is 13.1 Å². The van der Waals surface area contributed by atoms with Crippen molar-refractivity contribution >= 4 is 17.0 Å². The molecule has 3 heterocycles. The lowest BCUT2D eigenvalue weighted by atomic mass is 9.96. The summed E-state index contributed by atoms with van der Waals surface area (Å²) in [6.45, 7) is 3.18. The van der Waals surface area contributed by atoms with E-state index in [1.165, 1.54) is 16.7 Å². The van der Waals surface area contributed by atoms with E-state index < -0.39 is 11.7 Å². The van der Waals surface area contributed by atoms with Crippen molar-refractivity contribution in [3.63, 3.8) is 0 Å². The zero-order chi connectivity index (χ0) is 23.5. The summed E-state index contributed by atoms with van der Waals surface area (Å²) >= 11 is 0. The third-order valence-electron chi connectivity index (χ3n) is 6.11. The number of oxazole rings is 1. The molecular weight excluding hydrogens is 441 g/mol. The molecule has 1 fully saturated rings. The third kappa shape index (κ3) is 4.91. The Morgan fingerprint density at radius 1 is 1.09 bits per heavy atom. The van der Waals surface area contributed by atoms with Crippen LogP contribution in [0.25, 0.3) is 11.1 Å². The van der Waals surface area contributed by atoms with Gasteiger partial charge >= 0.3 is 17.6 Å². The van der Waals surface area contributed by atoms with Crippen molar-refractivity contribution in [3.8, 4) is 0 Å². The van der Waals surface area contributed by atoms with Crippen LogP contribution in [-0.4, -0.2) is 45.1 Å². The van der Waals surface area contributed by atoms with E-state index in [1.54, 1.807) is 24.3 Å². The molecule has 1 aliphatic rings. The van der Waals surface area contributed by atoms with Gasteiger partial charge in [-0.1, -0.05) is 29.4 Å². The van der Waals surface area contributed by atoms with Crippen LogP contribution in [0.1, 0.15) is 34.9 Å². The highest BCUT2D eigenvalue weighted by molar-refractivity contribution is 5.89. The Balaban J connectivity index is 1.11. The average Bonchev–Trinajstić information content (AvgIpc) is 3.45. The molecule has 0 saturated carbocycles. The number of fused-ring (bicyclic) bond motifs is 1. The number of carbonyl (C=O) groups excluding carboxylic acids is 1. The van der Waals surface area contributed by atoms with E-state index in [-0.39, 0.29) is 24.1 Å². The van der Waals surface area contributed by atoms with Gasteiger partial charge in [-0.2, -0.15) is 4.98 Å². The van der Waals surface area contributed by atoms with Crippen molar-refractivity contribution in [2.24, 2.45) is 5.92 Å². The molecule has 0 radical (unpaired) electrons. The van der Waals surface area contributed by atoms with Crippen LogP contribution in [0, 0.1) is 11.7 Å². The molecule has 176 valence electrons. The first-order valence-electron chi connectivity index (χ1n) is 11.2. The molecule has 0 aliphatic carbocycles. The number of benzene rings is 2. The summed E-state index contributed by atoms with van der Waals surface area (Å²) in [6, 6.07) is 13.6. The smallest absolute Gasteiger partial charge is 0.408 e. The van der Waals surface area contributed by atoms with Crippen molar-refractivity contribution in [1.82, 2.24) is 24.9 Å². The van der Waals surface area contributed by atoms with Crippen LogP contribution < -0.4 is 11.1 Å². The van der Waals surface area contributed by atoms with Gasteiger partial charge in [-0.25, -0.2) is 9.18 Å². The fourth-order valence-corrected chi connectivity index (χ4v) is 4.22. The lowest BCUT2D eigenvalue weighted by Gasteiger charge is -2.31. The van der Waals surface area contributed by atoms with E-state index in [1.807, 2.05) is 12.1 Å². The maximum atomic E-state index is 13.1. The molecule has 0 unspecified atom stereocenters. The molecular formula is C24H24FN5O4. The number of nitrogens with zero attached hydrogens (tertiary/aromatic N) is 4. The van der Waals surface area contributed by atoms with Crippen molar-refractivity contribution in [2.45, 2.75) is 25.9 Å². The summed E-state index contributed by atoms with van der Waals surface area (Å²) in [5.41, 5.74) is 2.18. The normalized spacial score (nSPS) is 15.1. The van der Waals surface area contributed by atoms with Crippen molar-refractivity contribution in [2.75, 3.05) is 19.6 Å².